The average molecular weight is 228 g/mol. The summed E-state index contributed by atoms with van der Waals surface area (Å²) in [5.41, 5.74) is 0.406. The van der Waals surface area contributed by atoms with Gasteiger partial charge in [-0.3, -0.25) is 4.79 Å². The van der Waals surface area contributed by atoms with E-state index in [1.165, 1.54) is 0 Å². The number of hydrogen-bond acceptors (Lipinski definition) is 1. The first-order chi connectivity index (χ1) is 8.20. The van der Waals surface area contributed by atoms with Crippen LogP contribution in [0.1, 0.15) is 36.5 Å². The van der Waals surface area contributed by atoms with E-state index in [9.17, 15) is 4.79 Å². The van der Waals surface area contributed by atoms with Gasteiger partial charge in [-0.15, -0.1) is 13.2 Å². The molecule has 0 heterocycles. The lowest BCUT2D eigenvalue weighted by atomic mass is 9.73. The summed E-state index contributed by atoms with van der Waals surface area (Å²) in [5.74, 6) is 0.195. The average Bonchev–Trinajstić information content (AvgIpc) is 2.38. The van der Waals surface area contributed by atoms with Crippen LogP contribution in [0.5, 0.6) is 0 Å². The van der Waals surface area contributed by atoms with Crippen LogP contribution in [-0.4, -0.2) is 5.78 Å². The van der Waals surface area contributed by atoms with Gasteiger partial charge in [0.05, 0.1) is 0 Å². The molecular weight excluding hydrogens is 208 g/mol. The Bertz CT molecular complexity index is 379. The molecule has 0 aromatic heterocycles. The van der Waals surface area contributed by atoms with Crippen LogP contribution in [0.4, 0.5) is 0 Å². The van der Waals surface area contributed by atoms with Crippen LogP contribution in [0.25, 0.3) is 0 Å². The van der Waals surface area contributed by atoms with Gasteiger partial charge in [0, 0.05) is 11.0 Å². The van der Waals surface area contributed by atoms with E-state index in [4.69, 9.17) is 0 Å². The molecule has 0 bridgehead atoms. The number of carbonyl (C=O) groups excluding carboxylic acids is 1. The minimum atomic E-state index is -0.370. The summed E-state index contributed by atoms with van der Waals surface area (Å²) in [4.78, 5) is 12.6. The largest absolute Gasteiger partial charge is 0.294 e. The molecule has 1 aromatic rings. The van der Waals surface area contributed by atoms with Crippen LogP contribution in [0, 0.1) is 5.41 Å². The molecule has 0 saturated heterocycles. The maximum Gasteiger partial charge on any atom is 0.169 e. The van der Waals surface area contributed by atoms with Gasteiger partial charge in [-0.25, -0.2) is 0 Å². The van der Waals surface area contributed by atoms with E-state index in [1.807, 2.05) is 49.4 Å². The fourth-order valence-electron chi connectivity index (χ4n) is 2.17. The smallest absolute Gasteiger partial charge is 0.169 e. The van der Waals surface area contributed by atoms with Gasteiger partial charge in [-0.05, 0) is 19.3 Å². The summed E-state index contributed by atoms with van der Waals surface area (Å²) in [6.45, 7) is 9.58. The number of benzene rings is 1. The van der Waals surface area contributed by atoms with Crippen molar-refractivity contribution in [1.29, 1.82) is 0 Å². The van der Waals surface area contributed by atoms with E-state index in [0.29, 0.717) is 12.8 Å². The Kier molecular flexibility index (Phi) is 4.89. The zero-order valence-electron chi connectivity index (χ0n) is 10.5. The van der Waals surface area contributed by atoms with E-state index in [2.05, 4.69) is 13.2 Å². The Morgan fingerprint density at radius 2 is 1.71 bits per heavy atom. The molecule has 90 valence electrons. The Morgan fingerprint density at radius 1 is 1.18 bits per heavy atom. The molecule has 0 atom stereocenters. The van der Waals surface area contributed by atoms with Gasteiger partial charge in [0.15, 0.2) is 5.78 Å². The lowest BCUT2D eigenvalue weighted by molar-refractivity contribution is 0.0789. The van der Waals surface area contributed by atoms with E-state index in [0.717, 1.165) is 12.0 Å². The van der Waals surface area contributed by atoms with Crippen molar-refractivity contribution in [2.45, 2.75) is 26.2 Å². The molecule has 0 aliphatic carbocycles. The summed E-state index contributed by atoms with van der Waals surface area (Å²) < 4.78 is 0. The van der Waals surface area contributed by atoms with Gasteiger partial charge in [0.2, 0.25) is 0 Å². The molecule has 1 nitrogen and oxygen atoms in total. The second kappa shape index (κ2) is 6.19. The number of hydrogen-bond donors (Lipinski definition) is 0. The molecular formula is C16H20O. The first-order valence-corrected chi connectivity index (χ1v) is 6.02. The highest BCUT2D eigenvalue weighted by atomic mass is 16.1. The molecule has 1 aromatic carbocycles. The first-order valence-electron chi connectivity index (χ1n) is 6.02. The third kappa shape index (κ3) is 2.94. The molecule has 0 unspecified atom stereocenters. The van der Waals surface area contributed by atoms with Gasteiger partial charge in [-0.2, -0.15) is 0 Å². The normalized spacial score (nSPS) is 10.9. The monoisotopic (exact) mass is 228 g/mol. The zero-order chi connectivity index (χ0) is 12.7. The van der Waals surface area contributed by atoms with Crippen molar-refractivity contribution in [3.05, 3.63) is 61.2 Å². The van der Waals surface area contributed by atoms with Crippen molar-refractivity contribution in [2.75, 3.05) is 0 Å². The molecule has 0 amide bonds. The second-order valence-electron chi connectivity index (χ2n) is 4.31. The Morgan fingerprint density at radius 3 is 2.12 bits per heavy atom. The second-order valence-corrected chi connectivity index (χ2v) is 4.31. The third-order valence-corrected chi connectivity index (χ3v) is 3.26. The topological polar surface area (TPSA) is 17.1 Å². The van der Waals surface area contributed by atoms with Crippen LogP contribution in [0.2, 0.25) is 0 Å². The van der Waals surface area contributed by atoms with Crippen LogP contribution >= 0.6 is 0 Å². The predicted octanol–water partition coefficient (Wildman–Crippen LogP) is 4.42. The van der Waals surface area contributed by atoms with Gasteiger partial charge < -0.3 is 0 Å². The van der Waals surface area contributed by atoms with Crippen molar-refractivity contribution >= 4 is 5.78 Å². The molecule has 0 saturated carbocycles. The summed E-state index contributed by atoms with van der Waals surface area (Å²) in [7, 11) is 0. The van der Waals surface area contributed by atoms with Gasteiger partial charge >= 0.3 is 0 Å². The maximum absolute atomic E-state index is 12.6. The number of rotatable bonds is 7. The van der Waals surface area contributed by atoms with Crippen LogP contribution < -0.4 is 0 Å². The van der Waals surface area contributed by atoms with E-state index in [-0.39, 0.29) is 11.2 Å². The molecule has 0 aliphatic rings. The minimum Gasteiger partial charge on any atom is -0.294 e. The summed E-state index contributed by atoms with van der Waals surface area (Å²) >= 11 is 0. The molecule has 0 fully saturated rings. The standard InChI is InChI=1S/C16H20O/c1-4-12-16(6-3,13-5-2)15(17)14-10-8-7-9-11-14/h4-5,7-11H,1-2,6,12-13H2,3H3. The van der Waals surface area contributed by atoms with Crippen molar-refractivity contribution in [2.24, 2.45) is 5.41 Å². The number of carbonyl (C=O) groups is 1. The molecule has 17 heavy (non-hydrogen) atoms. The highest BCUT2D eigenvalue weighted by Crippen LogP contribution is 2.35. The van der Waals surface area contributed by atoms with Crippen LogP contribution in [-0.2, 0) is 0 Å². The quantitative estimate of drug-likeness (QED) is 0.499. The van der Waals surface area contributed by atoms with E-state index in [1.54, 1.807) is 0 Å². The molecule has 1 heteroatoms. The number of allylic oxidation sites excluding steroid dienone is 2. The molecule has 0 spiro atoms. The third-order valence-electron chi connectivity index (χ3n) is 3.26. The first kappa shape index (κ1) is 13.4. The lowest BCUT2D eigenvalue weighted by Crippen LogP contribution is -2.29. The fourth-order valence-corrected chi connectivity index (χ4v) is 2.17. The molecule has 0 radical (unpaired) electrons. The Balaban J connectivity index is 3.09. The Labute approximate surface area is 104 Å². The van der Waals surface area contributed by atoms with E-state index >= 15 is 0 Å². The van der Waals surface area contributed by atoms with Crippen molar-refractivity contribution < 1.29 is 4.79 Å². The SMILES string of the molecule is C=CCC(CC)(CC=C)C(=O)c1ccccc1. The summed E-state index contributed by atoms with van der Waals surface area (Å²) in [6, 6.07) is 9.47. The minimum absolute atomic E-state index is 0.195. The fraction of sp³-hybridized carbons (Fsp3) is 0.312. The summed E-state index contributed by atoms with van der Waals surface area (Å²) in [5, 5.41) is 0. The van der Waals surface area contributed by atoms with Crippen molar-refractivity contribution in [3.8, 4) is 0 Å². The van der Waals surface area contributed by atoms with Gasteiger partial charge in [0.25, 0.3) is 0 Å². The van der Waals surface area contributed by atoms with E-state index < -0.39 is 0 Å². The van der Waals surface area contributed by atoms with Gasteiger partial charge in [0.1, 0.15) is 0 Å². The molecule has 0 N–H and O–H groups in total. The van der Waals surface area contributed by atoms with Crippen molar-refractivity contribution in [3.63, 3.8) is 0 Å². The van der Waals surface area contributed by atoms with Gasteiger partial charge in [-0.1, -0.05) is 49.4 Å². The lowest BCUT2D eigenvalue weighted by Gasteiger charge is -2.29. The number of ketones is 1. The molecule has 1 rings (SSSR count). The maximum atomic E-state index is 12.6. The summed E-state index contributed by atoms with van der Waals surface area (Å²) in [6.07, 6.45) is 5.85. The number of Topliss-reactive ketones (excluding diaryl/α,β-unsaturated/α-hetero) is 1. The molecule has 0 aliphatic heterocycles. The van der Waals surface area contributed by atoms with Crippen LogP contribution in [0.3, 0.4) is 0 Å². The van der Waals surface area contributed by atoms with Crippen LogP contribution in [0.15, 0.2) is 55.6 Å². The zero-order valence-corrected chi connectivity index (χ0v) is 10.5. The highest BCUT2D eigenvalue weighted by Gasteiger charge is 2.34. The van der Waals surface area contributed by atoms with Crippen molar-refractivity contribution in [1.82, 2.24) is 0 Å². The predicted molar refractivity (Wildman–Crippen MR) is 73.1 cm³/mol. The Hall–Kier alpha value is -1.63. The highest BCUT2D eigenvalue weighted by molar-refractivity contribution is 6.00.